The van der Waals surface area contributed by atoms with Crippen molar-refractivity contribution in [3.8, 4) is 10.6 Å². The van der Waals surface area contributed by atoms with Crippen molar-refractivity contribution >= 4 is 34.7 Å². The van der Waals surface area contributed by atoms with Crippen molar-refractivity contribution in [1.82, 2.24) is 15.2 Å². The molecule has 2 heterocycles. The summed E-state index contributed by atoms with van der Waals surface area (Å²) >= 11 is 2.98. The summed E-state index contributed by atoms with van der Waals surface area (Å²) in [7, 11) is 0. The highest BCUT2D eigenvalue weighted by Gasteiger charge is 2.10. The second-order valence-corrected chi connectivity index (χ2v) is 7.81. The zero-order valence-corrected chi connectivity index (χ0v) is 15.9. The van der Waals surface area contributed by atoms with E-state index in [0.717, 1.165) is 37.5 Å². The number of anilines is 1. The van der Waals surface area contributed by atoms with Gasteiger partial charge < -0.3 is 5.32 Å². The molecule has 128 valence electrons. The summed E-state index contributed by atoms with van der Waals surface area (Å²) in [5.41, 5.74) is 3.74. The predicted octanol–water partition coefficient (Wildman–Crippen LogP) is 4.26. The topological polar surface area (TPSA) is 67.8 Å². The number of benzene rings is 1. The average molecular weight is 371 g/mol. The molecule has 3 aromatic rings. The molecule has 0 atom stereocenters. The Hall–Kier alpha value is -2.25. The number of carbonyl (C=O) groups excluding carboxylic acids is 1. The van der Waals surface area contributed by atoms with Crippen molar-refractivity contribution in [1.29, 1.82) is 0 Å². The molecule has 1 amide bonds. The van der Waals surface area contributed by atoms with Gasteiger partial charge in [0.25, 0.3) is 0 Å². The third-order valence-corrected chi connectivity index (χ3v) is 5.48. The van der Waals surface area contributed by atoms with Gasteiger partial charge in [0.15, 0.2) is 0 Å². The van der Waals surface area contributed by atoms with Crippen LogP contribution in [0.4, 0.5) is 5.69 Å². The molecule has 0 spiro atoms. The van der Waals surface area contributed by atoms with Crippen LogP contribution in [0.1, 0.15) is 16.3 Å². The number of aryl methyl sites for hydroxylation is 3. The Bertz CT molecular complexity index is 873. The number of nitrogens with one attached hydrogen (secondary N) is 1. The van der Waals surface area contributed by atoms with E-state index in [1.807, 2.05) is 57.2 Å². The molecule has 0 aliphatic heterocycles. The van der Waals surface area contributed by atoms with E-state index in [1.54, 1.807) is 11.3 Å². The molecule has 25 heavy (non-hydrogen) atoms. The Balaban J connectivity index is 1.57. The zero-order chi connectivity index (χ0) is 17.8. The molecule has 5 nitrogen and oxygen atoms in total. The van der Waals surface area contributed by atoms with Crippen LogP contribution < -0.4 is 5.32 Å². The van der Waals surface area contributed by atoms with Gasteiger partial charge in [-0.1, -0.05) is 29.5 Å². The molecular weight excluding hydrogens is 352 g/mol. The second kappa shape index (κ2) is 7.76. The van der Waals surface area contributed by atoms with E-state index in [-0.39, 0.29) is 5.91 Å². The van der Waals surface area contributed by atoms with E-state index in [9.17, 15) is 4.79 Å². The maximum absolute atomic E-state index is 12.0. The van der Waals surface area contributed by atoms with Crippen LogP contribution in [0.5, 0.6) is 0 Å². The third-order valence-electron chi connectivity index (χ3n) is 3.46. The summed E-state index contributed by atoms with van der Waals surface area (Å²) < 4.78 is 0. The Morgan fingerprint density at radius 1 is 1.08 bits per heavy atom. The fourth-order valence-electron chi connectivity index (χ4n) is 2.26. The van der Waals surface area contributed by atoms with Crippen LogP contribution in [0.25, 0.3) is 10.6 Å². The van der Waals surface area contributed by atoms with Gasteiger partial charge >= 0.3 is 0 Å². The van der Waals surface area contributed by atoms with E-state index >= 15 is 0 Å². The number of carbonyl (C=O) groups is 1. The number of hydrogen-bond acceptors (Lipinski definition) is 6. The summed E-state index contributed by atoms with van der Waals surface area (Å²) in [6.07, 6.45) is 0. The van der Waals surface area contributed by atoms with Gasteiger partial charge in [-0.05, 0) is 45.0 Å². The predicted molar refractivity (Wildman–Crippen MR) is 103 cm³/mol. The number of rotatable bonds is 5. The number of aromatic nitrogens is 3. The molecule has 0 fully saturated rings. The smallest absolute Gasteiger partial charge is 0.234 e. The molecule has 0 saturated heterocycles. The Kier molecular flexibility index (Phi) is 5.45. The Labute approximate surface area is 154 Å². The maximum atomic E-state index is 12.0. The number of nitrogens with zero attached hydrogens (tertiary/aromatic N) is 3. The maximum Gasteiger partial charge on any atom is 0.234 e. The third kappa shape index (κ3) is 4.64. The first kappa shape index (κ1) is 17.6. The molecule has 0 aliphatic carbocycles. The van der Waals surface area contributed by atoms with Crippen molar-refractivity contribution < 1.29 is 4.79 Å². The van der Waals surface area contributed by atoms with Crippen molar-refractivity contribution in [3.05, 3.63) is 52.7 Å². The summed E-state index contributed by atoms with van der Waals surface area (Å²) in [4.78, 5) is 17.5. The summed E-state index contributed by atoms with van der Waals surface area (Å²) in [6, 6.07) is 11.5. The number of amides is 1. The van der Waals surface area contributed by atoms with Gasteiger partial charge in [-0.2, -0.15) is 0 Å². The van der Waals surface area contributed by atoms with Gasteiger partial charge in [-0.15, -0.1) is 21.5 Å². The van der Waals surface area contributed by atoms with Gasteiger partial charge in [-0.3, -0.25) is 4.79 Å². The van der Waals surface area contributed by atoms with Crippen LogP contribution in [0, 0.1) is 20.8 Å². The van der Waals surface area contributed by atoms with Crippen molar-refractivity contribution in [3.63, 3.8) is 0 Å². The lowest BCUT2D eigenvalue weighted by molar-refractivity contribution is -0.113. The Morgan fingerprint density at radius 3 is 2.44 bits per heavy atom. The standard InChI is InChI=1S/C18H18N4OS2/c1-11-4-6-14(7-5-11)20-16(23)10-24-17-9-8-15(21-22-17)18-12(2)19-13(3)25-18/h4-9H,10H2,1-3H3,(H,20,23). The molecule has 1 N–H and O–H groups in total. The number of thioether (sulfide) groups is 1. The second-order valence-electron chi connectivity index (χ2n) is 5.61. The molecule has 7 heteroatoms. The van der Waals surface area contributed by atoms with E-state index in [1.165, 1.54) is 11.8 Å². The molecule has 0 saturated carbocycles. The lowest BCUT2D eigenvalue weighted by atomic mass is 10.2. The first-order valence-corrected chi connectivity index (χ1v) is 9.59. The van der Waals surface area contributed by atoms with Gasteiger partial charge in [0, 0.05) is 5.69 Å². The molecule has 0 aliphatic rings. The lowest BCUT2D eigenvalue weighted by Gasteiger charge is -2.05. The number of hydrogen-bond donors (Lipinski definition) is 1. The molecule has 0 unspecified atom stereocenters. The fraction of sp³-hybridized carbons (Fsp3) is 0.222. The van der Waals surface area contributed by atoms with Crippen molar-refractivity contribution in [2.45, 2.75) is 25.8 Å². The Morgan fingerprint density at radius 2 is 1.84 bits per heavy atom. The highest BCUT2D eigenvalue weighted by Crippen LogP contribution is 2.28. The van der Waals surface area contributed by atoms with Gasteiger partial charge in [0.05, 0.1) is 21.3 Å². The van der Waals surface area contributed by atoms with E-state index in [4.69, 9.17) is 0 Å². The zero-order valence-electron chi connectivity index (χ0n) is 14.2. The minimum Gasteiger partial charge on any atom is -0.325 e. The molecule has 2 aromatic heterocycles. The first-order chi connectivity index (χ1) is 12.0. The van der Waals surface area contributed by atoms with Crippen LogP contribution in [-0.4, -0.2) is 26.8 Å². The monoisotopic (exact) mass is 370 g/mol. The van der Waals surface area contributed by atoms with Crippen LogP contribution in [0.3, 0.4) is 0 Å². The summed E-state index contributed by atoms with van der Waals surface area (Å²) in [6.45, 7) is 5.96. The first-order valence-electron chi connectivity index (χ1n) is 7.79. The van der Waals surface area contributed by atoms with E-state index < -0.39 is 0 Å². The largest absolute Gasteiger partial charge is 0.325 e. The molecule has 0 bridgehead atoms. The van der Waals surface area contributed by atoms with E-state index in [0.29, 0.717) is 5.75 Å². The summed E-state index contributed by atoms with van der Waals surface area (Å²) in [5.74, 6) is 0.231. The average Bonchev–Trinajstić information content (AvgIpc) is 2.94. The quantitative estimate of drug-likeness (QED) is 0.680. The van der Waals surface area contributed by atoms with Crippen LogP contribution in [0.15, 0.2) is 41.4 Å². The van der Waals surface area contributed by atoms with Gasteiger partial charge in [0.1, 0.15) is 10.7 Å². The molecular formula is C18H18N4OS2. The van der Waals surface area contributed by atoms with E-state index in [2.05, 4.69) is 20.5 Å². The van der Waals surface area contributed by atoms with Crippen LogP contribution >= 0.6 is 23.1 Å². The fourth-order valence-corrected chi connectivity index (χ4v) is 3.76. The SMILES string of the molecule is Cc1ccc(NC(=O)CSc2ccc(-c3sc(C)nc3C)nn2)cc1. The summed E-state index contributed by atoms with van der Waals surface area (Å²) in [5, 5.41) is 13.1. The lowest BCUT2D eigenvalue weighted by Crippen LogP contribution is -2.14. The normalized spacial score (nSPS) is 10.7. The minimum absolute atomic E-state index is 0.0614. The van der Waals surface area contributed by atoms with Gasteiger partial charge in [-0.25, -0.2) is 4.98 Å². The van der Waals surface area contributed by atoms with Gasteiger partial charge in [0.2, 0.25) is 5.91 Å². The van der Waals surface area contributed by atoms with Crippen molar-refractivity contribution in [2.24, 2.45) is 0 Å². The highest BCUT2D eigenvalue weighted by atomic mass is 32.2. The van der Waals surface area contributed by atoms with Crippen LogP contribution in [-0.2, 0) is 4.79 Å². The molecule has 3 rings (SSSR count). The van der Waals surface area contributed by atoms with Crippen molar-refractivity contribution in [2.75, 3.05) is 11.1 Å². The molecule has 1 aromatic carbocycles. The highest BCUT2D eigenvalue weighted by molar-refractivity contribution is 7.99. The number of thiazole rings is 1. The minimum atomic E-state index is -0.0614. The van der Waals surface area contributed by atoms with Crippen LogP contribution in [0.2, 0.25) is 0 Å². The molecule has 0 radical (unpaired) electrons.